The minimum atomic E-state index is -0.295. The van der Waals surface area contributed by atoms with Crippen molar-refractivity contribution in [2.45, 2.75) is 19.8 Å². The Morgan fingerprint density at radius 2 is 1.90 bits per heavy atom. The number of pyridine rings is 1. The Kier molecular flexibility index (Phi) is 4.90. The second-order valence-corrected chi connectivity index (χ2v) is 7.57. The number of carbonyl (C=O) groups excluding carboxylic acids is 2. The molecular weight excluding hydrogens is 370 g/mol. The van der Waals surface area contributed by atoms with E-state index >= 15 is 0 Å². The van der Waals surface area contributed by atoms with Gasteiger partial charge in [0, 0.05) is 32.6 Å². The summed E-state index contributed by atoms with van der Waals surface area (Å²) in [5, 5.41) is 1.45. The highest BCUT2D eigenvalue weighted by Crippen LogP contribution is 2.27. The minimum Gasteiger partial charge on any atom is -0.466 e. The van der Waals surface area contributed by atoms with E-state index in [1.165, 1.54) is 0 Å². The quantitative estimate of drug-likeness (QED) is 0.639. The van der Waals surface area contributed by atoms with E-state index in [-0.39, 0.29) is 23.4 Å². The first-order valence-electron chi connectivity index (χ1n) is 9.97. The number of aromatic nitrogens is 2. The Balaban J connectivity index is 1.77. The van der Waals surface area contributed by atoms with Crippen LogP contribution in [0.2, 0.25) is 0 Å². The smallest absolute Gasteiger partial charge is 0.310 e. The number of para-hydroxylation sites is 1. The third-order valence-corrected chi connectivity index (χ3v) is 5.84. The highest BCUT2D eigenvalue weighted by Gasteiger charge is 2.31. The molecule has 1 amide bonds. The van der Waals surface area contributed by atoms with Gasteiger partial charge in [0.25, 0.3) is 11.5 Å². The molecule has 1 atom stereocenters. The van der Waals surface area contributed by atoms with Gasteiger partial charge in [-0.05, 0) is 31.9 Å². The van der Waals surface area contributed by atoms with Gasteiger partial charge in [-0.25, -0.2) is 0 Å². The summed E-state index contributed by atoms with van der Waals surface area (Å²) in [5.74, 6) is -0.707. The second-order valence-electron chi connectivity index (χ2n) is 7.57. The van der Waals surface area contributed by atoms with Crippen LogP contribution < -0.4 is 5.56 Å². The number of hydrogen-bond acceptors (Lipinski definition) is 4. The first-order valence-corrected chi connectivity index (χ1v) is 9.97. The van der Waals surface area contributed by atoms with Crippen molar-refractivity contribution in [3.8, 4) is 0 Å². The highest BCUT2D eigenvalue weighted by molar-refractivity contribution is 6.08. The third kappa shape index (κ3) is 3.10. The lowest BCUT2D eigenvalue weighted by atomic mass is 9.98. The van der Waals surface area contributed by atoms with Gasteiger partial charge in [0.15, 0.2) is 0 Å². The molecule has 3 heterocycles. The normalized spacial score (nSPS) is 17.1. The Labute approximate surface area is 168 Å². The topological polar surface area (TPSA) is 73.5 Å². The zero-order valence-corrected chi connectivity index (χ0v) is 17.0. The number of aryl methyl sites for hydroxylation is 2. The van der Waals surface area contributed by atoms with E-state index in [2.05, 4.69) is 0 Å². The number of amides is 1. The monoisotopic (exact) mass is 395 g/mol. The predicted molar refractivity (Wildman–Crippen MR) is 111 cm³/mol. The molecule has 0 bridgehead atoms. The number of nitrogens with zero attached hydrogens (tertiary/aromatic N) is 3. The maximum atomic E-state index is 13.3. The van der Waals surface area contributed by atoms with E-state index in [1.54, 1.807) is 34.1 Å². The number of likely N-dealkylation sites (tertiary alicyclic amines) is 1. The Morgan fingerprint density at radius 1 is 1.14 bits per heavy atom. The Hall–Kier alpha value is -3.09. The zero-order chi connectivity index (χ0) is 20.7. The fourth-order valence-corrected chi connectivity index (χ4v) is 4.33. The highest BCUT2D eigenvalue weighted by atomic mass is 16.5. The van der Waals surface area contributed by atoms with Crippen molar-refractivity contribution in [1.82, 2.24) is 14.0 Å². The second kappa shape index (κ2) is 7.39. The molecule has 29 heavy (non-hydrogen) atoms. The standard InChI is InChI=1S/C22H25N3O4/c1-4-29-22(28)14-8-7-11-25(13-14)21(27)18-12-16-19(23(18)2)15-9-5-6-10-17(15)24(3)20(16)26/h5-6,9-10,12,14H,4,7-8,11,13H2,1-3H3/t14-/m0/s1. The van der Waals surface area contributed by atoms with Crippen molar-refractivity contribution in [2.24, 2.45) is 20.0 Å². The number of hydrogen-bond donors (Lipinski definition) is 0. The summed E-state index contributed by atoms with van der Waals surface area (Å²) in [6.45, 7) is 3.06. The van der Waals surface area contributed by atoms with Crippen LogP contribution in [0.5, 0.6) is 0 Å². The SMILES string of the molecule is CCOC(=O)[C@H]1CCCN(C(=O)c2cc3c(=O)n(C)c4ccccc4c3n2C)C1. The van der Waals surface area contributed by atoms with E-state index in [1.807, 2.05) is 31.3 Å². The predicted octanol–water partition coefficient (Wildman–Crippen LogP) is 2.45. The van der Waals surface area contributed by atoms with Crippen molar-refractivity contribution in [3.63, 3.8) is 0 Å². The summed E-state index contributed by atoms with van der Waals surface area (Å²) in [5.41, 5.74) is 1.91. The van der Waals surface area contributed by atoms with Gasteiger partial charge >= 0.3 is 5.97 Å². The molecule has 0 aliphatic carbocycles. The zero-order valence-electron chi connectivity index (χ0n) is 17.0. The van der Waals surface area contributed by atoms with Crippen LogP contribution in [0.1, 0.15) is 30.3 Å². The third-order valence-electron chi connectivity index (χ3n) is 5.84. The molecule has 7 nitrogen and oxygen atoms in total. The number of rotatable bonds is 3. The van der Waals surface area contributed by atoms with Gasteiger partial charge in [0.2, 0.25) is 0 Å². The van der Waals surface area contributed by atoms with Gasteiger partial charge in [0.1, 0.15) is 5.69 Å². The first kappa shape index (κ1) is 19.2. The summed E-state index contributed by atoms with van der Waals surface area (Å²) >= 11 is 0. The molecule has 1 aromatic carbocycles. The Morgan fingerprint density at radius 3 is 2.66 bits per heavy atom. The van der Waals surface area contributed by atoms with E-state index in [4.69, 9.17) is 4.74 Å². The molecule has 7 heteroatoms. The number of benzene rings is 1. The number of ether oxygens (including phenoxy) is 1. The van der Waals surface area contributed by atoms with E-state index in [9.17, 15) is 14.4 Å². The molecule has 0 saturated carbocycles. The van der Waals surface area contributed by atoms with Gasteiger partial charge in [-0.15, -0.1) is 0 Å². The largest absolute Gasteiger partial charge is 0.466 e. The van der Waals surface area contributed by atoms with Crippen molar-refractivity contribution in [2.75, 3.05) is 19.7 Å². The van der Waals surface area contributed by atoms with Crippen LogP contribution in [-0.4, -0.2) is 45.6 Å². The molecule has 0 spiro atoms. The number of carbonyl (C=O) groups is 2. The van der Waals surface area contributed by atoms with Crippen LogP contribution in [0, 0.1) is 5.92 Å². The minimum absolute atomic E-state index is 0.128. The fraction of sp³-hybridized carbons (Fsp3) is 0.409. The van der Waals surface area contributed by atoms with Gasteiger partial charge in [0.05, 0.1) is 28.9 Å². The van der Waals surface area contributed by atoms with Gasteiger partial charge in [-0.2, -0.15) is 0 Å². The van der Waals surface area contributed by atoms with E-state index in [0.717, 1.165) is 29.3 Å². The summed E-state index contributed by atoms with van der Waals surface area (Å²) in [6, 6.07) is 9.36. The lowest BCUT2D eigenvalue weighted by Crippen LogP contribution is -2.43. The van der Waals surface area contributed by atoms with Crippen molar-refractivity contribution in [1.29, 1.82) is 0 Å². The molecule has 152 valence electrons. The molecule has 2 aromatic heterocycles. The van der Waals surface area contributed by atoms with Gasteiger partial charge in [-0.3, -0.25) is 14.4 Å². The van der Waals surface area contributed by atoms with Crippen LogP contribution >= 0.6 is 0 Å². The maximum Gasteiger partial charge on any atom is 0.310 e. The maximum absolute atomic E-state index is 13.3. The molecule has 0 N–H and O–H groups in total. The molecule has 3 aromatic rings. The van der Waals surface area contributed by atoms with Crippen LogP contribution in [0.4, 0.5) is 0 Å². The van der Waals surface area contributed by atoms with Crippen molar-refractivity contribution >= 4 is 33.7 Å². The lowest BCUT2D eigenvalue weighted by molar-refractivity contribution is -0.149. The number of piperidine rings is 1. The molecule has 1 aliphatic heterocycles. The summed E-state index contributed by atoms with van der Waals surface area (Å²) in [6.07, 6.45) is 1.48. The van der Waals surface area contributed by atoms with Crippen LogP contribution in [0.15, 0.2) is 35.1 Å². The first-order chi connectivity index (χ1) is 13.9. The fourth-order valence-electron chi connectivity index (χ4n) is 4.33. The van der Waals surface area contributed by atoms with Crippen LogP contribution in [0.3, 0.4) is 0 Å². The summed E-state index contributed by atoms with van der Waals surface area (Å²) < 4.78 is 8.55. The van der Waals surface area contributed by atoms with Gasteiger partial charge < -0.3 is 18.8 Å². The summed E-state index contributed by atoms with van der Waals surface area (Å²) in [7, 11) is 3.56. The van der Waals surface area contributed by atoms with Crippen LogP contribution in [0.25, 0.3) is 21.8 Å². The van der Waals surface area contributed by atoms with Crippen LogP contribution in [-0.2, 0) is 23.6 Å². The Bertz CT molecular complexity index is 1170. The number of fused-ring (bicyclic) bond motifs is 3. The lowest BCUT2D eigenvalue weighted by Gasteiger charge is -2.31. The number of esters is 1. The molecule has 1 saturated heterocycles. The van der Waals surface area contributed by atoms with Gasteiger partial charge in [-0.1, -0.05) is 18.2 Å². The average Bonchev–Trinajstić information content (AvgIpc) is 3.09. The molecule has 0 radical (unpaired) electrons. The molecule has 0 unspecified atom stereocenters. The van der Waals surface area contributed by atoms with E-state index in [0.29, 0.717) is 30.8 Å². The average molecular weight is 395 g/mol. The molecule has 1 fully saturated rings. The molecule has 1 aliphatic rings. The molecular formula is C22H25N3O4. The van der Waals surface area contributed by atoms with E-state index < -0.39 is 0 Å². The molecule has 4 rings (SSSR count). The summed E-state index contributed by atoms with van der Waals surface area (Å²) in [4.78, 5) is 40.0. The van der Waals surface area contributed by atoms with Crippen molar-refractivity contribution < 1.29 is 14.3 Å². The van der Waals surface area contributed by atoms with Crippen molar-refractivity contribution in [3.05, 3.63) is 46.4 Å².